The molecule has 0 aliphatic heterocycles. The smallest absolute Gasteiger partial charge is 0.290 e. The first-order valence-corrected chi connectivity index (χ1v) is 7.87. The van der Waals surface area contributed by atoms with E-state index >= 15 is 0 Å². The second-order valence-electron chi connectivity index (χ2n) is 5.67. The zero-order valence-electron chi connectivity index (χ0n) is 13.4. The highest BCUT2D eigenvalue weighted by Gasteiger charge is 2.18. The number of aromatic nitrogens is 1. The number of nitrogens with zero attached hydrogens (tertiary/aromatic N) is 1. The number of aliphatic hydroxyl groups excluding tert-OH is 1. The number of benzene rings is 2. The zero-order chi connectivity index (χ0) is 17.6. The molecule has 1 atom stereocenters. The maximum Gasteiger partial charge on any atom is 0.290 e. The summed E-state index contributed by atoms with van der Waals surface area (Å²) in [5, 5.41) is 25.4. The predicted octanol–water partition coefficient (Wildman–Crippen LogP) is 2.38. The highest BCUT2D eigenvalue weighted by Crippen LogP contribution is 2.18. The molecule has 6 nitrogen and oxygen atoms in total. The van der Waals surface area contributed by atoms with Crippen molar-refractivity contribution in [1.82, 2.24) is 10.5 Å². The quantitative estimate of drug-likeness (QED) is 0.641. The minimum Gasteiger partial charge on any atom is -0.508 e. The second-order valence-corrected chi connectivity index (χ2v) is 5.67. The summed E-state index contributed by atoms with van der Waals surface area (Å²) < 4.78 is 5.12. The molecule has 2 aromatic carbocycles. The predicted molar refractivity (Wildman–Crippen MR) is 92.1 cm³/mol. The van der Waals surface area contributed by atoms with Crippen LogP contribution in [-0.2, 0) is 6.42 Å². The molecular weight excluding hydrogens is 320 g/mol. The summed E-state index contributed by atoms with van der Waals surface area (Å²) in [6.45, 7) is -0.216. The summed E-state index contributed by atoms with van der Waals surface area (Å²) in [5.74, 6) is -0.182. The summed E-state index contributed by atoms with van der Waals surface area (Å²) >= 11 is 0. The Balaban J connectivity index is 1.66. The number of aliphatic hydroxyl groups is 1. The van der Waals surface area contributed by atoms with E-state index in [1.54, 1.807) is 30.3 Å². The van der Waals surface area contributed by atoms with Crippen LogP contribution in [0.2, 0.25) is 0 Å². The van der Waals surface area contributed by atoms with Crippen LogP contribution in [0.15, 0.2) is 65.2 Å². The van der Waals surface area contributed by atoms with Gasteiger partial charge in [0.2, 0.25) is 5.76 Å². The van der Waals surface area contributed by atoms with Crippen molar-refractivity contribution in [2.24, 2.45) is 0 Å². The van der Waals surface area contributed by atoms with Crippen molar-refractivity contribution in [1.29, 1.82) is 0 Å². The van der Waals surface area contributed by atoms with Gasteiger partial charge in [-0.3, -0.25) is 4.79 Å². The molecule has 1 aromatic heterocycles. The zero-order valence-corrected chi connectivity index (χ0v) is 13.4. The van der Waals surface area contributed by atoms with Crippen LogP contribution in [0.4, 0.5) is 0 Å². The highest BCUT2D eigenvalue weighted by atomic mass is 16.5. The largest absolute Gasteiger partial charge is 0.508 e. The van der Waals surface area contributed by atoms with Gasteiger partial charge in [0.05, 0.1) is 12.6 Å². The van der Waals surface area contributed by atoms with E-state index in [-0.39, 0.29) is 18.1 Å². The number of phenols is 1. The van der Waals surface area contributed by atoms with Crippen LogP contribution in [0.25, 0.3) is 11.3 Å². The fourth-order valence-corrected chi connectivity index (χ4v) is 2.46. The SMILES string of the molecule is O=C(N[C@H](CO)Cc1ccc(O)cc1)c1cc(-c2ccccc2)no1. The average molecular weight is 338 g/mol. The molecule has 3 aromatic rings. The summed E-state index contributed by atoms with van der Waals surface area (Å²) in [6, 6.07) is 17.1. The molecule has 1 heterocycles. The van der Waals surface area contributed by atoms with E-state index < -0.39 is 11.9 Å². The Morgan fingerprint density at radius 3 is 2.52 bits per heavy atom. The second kappa shape index (κ2) is 7.63. The minimum absolute atomic E-state index is 0.0861. The standard InChI is InChI=1S/C19H18N2O4/c22-12-15(10-13-6-8-16(23)9-7-13)20-19(24)18-11-17(21-25-18)14-4-2-1-3-5-14/h1-9,11,15,22-23H,10,12H2,(H,20,24)/t15-/m0/s1. The van der Waals surface area contributed by atoms with Gasteiger partial charge in [-0.05, 0) is 24.1 Å². The van der Waals surface area contributed by atoms with Gasteiger partial charge in [-0.1, -0.05) is 47.6 Å². The summed E-state index contributed by atoms with van der Waals surface area (Å²) in [5.41, 5.74) is 2.32. The first-order valence-electron chi connectivity index (χ1n) is 7.87. The van der Waals surface area contributed by atoms with Gasteiger partial charge in [-0.25, -0.2) is 0 Å². The normalized spacial score (nSPS) is 11.9. The Morgan fingerprint density at radius 1 is 1.12 bits per heavy atom. The Bertz CT molecular complexity index is 828. The molecule has 0 radical (unpaired) electrons. The van der Waals surface area contributed by atoms with Crippen LogP contribution in [0.5, 0.6) is 5.75 Å². The van der Waals surface area contributed by atoms with Crippen molar-refractivity contribution < 1.29 is 19.5 Å². The van der Waals surface area contributed by atoms with Crippen molar-refractivity contribution in [3.63, 3.8) is 0 Å². The topological polar surface area (TPSA) is 95.6 Å². The summed E-state index contributed by atoms with van der Waals surface area (Å²) in [4.78, 5) is 12.3. The lowest BCUT2D eigenvalue weighted by Crippen LogP contribution is -2.38. The molecule has 0 unspecified atom stereocenters. The van der Waals surface area contributed by atoms with Crippen LogP contribution in [0.1, 0.15) is 16.1 Å². The molecule has 1 amide bonds. The van der Waals surface area contributed by atoms with Gasteiger partial charge < -0.3 is 20.1 Å². The maximum absolute atomic E-state index is 12.3. The Kier molecular flexibility index (Phi) is 5.11. The lowest BCUT2D eigenvalue weighted by atomic mass is 10.1. The van der Waals surface area contributed by atoms with Crippen molar-refractivity contribution >= 4 is 5.91 Å². The van der Waals surface area contributed by atoms with Gasteiger partial charge >= 0.3 is 0 Å². The first kappa shape index (κ1) is 16.7. The van der Waals surface area contributed by atoms with E-state index in [0.717, 1.165) is 11.1 Å². The fourth-order valence-electron chi connectivity index (χ4n) is 2.46. The van der Waals surface area contributed by atoms with Crippen molar-refractivity contribution in [3.8, 4) is 17.0 Å². The van der Waals surface area contributed by atoms with E-state index in [2.05, 4.69) is 10.5 Å². The molecule has 0 fully saturated rings. The van der Waals surface area contributed by atoms with Crippen molar-refractivity contribution in [3.05, 3.63) is 72.0 Å². The van der Waals surface area contributed by atoms with Gasteiger partial charge in [0, 0.05) is 11.6 Å². The van der Waals surface area contributed by atoms with Gasteiger partial charge in [-0.15, -0.1) is 0 Å². The third kappa shape index (κ3) is 4.24. The number of hydrogen-bond donors (Lipinski definition) is 3. The van der Waals surface area contributed by atoms with E-state index in [0.29, 0.717) is 12.1 Å². The summed E-state index contributed by atoms with van der Waals surface area (Å²) in [7, 11) is 0. The Morgan fingerprint density at radius 2 is 1.84 bits per heavy atom. The molecule has 0 aliphatic carbocycles. The minimum atomic E-state index is -0.470. The molecule has 0 bridgehead atoms. The number of nitrogens with one attached hydrogen (secondary N) is 1. The lowest BCUT2D eigenvalue weighted by molar-refractivity contribution is 0.0879. The molecule has 6 heteroatoms. The van der Waals surface area contributed by atoms with Gasteiger partial charge in [0.1, 0.15) is 11.4 Å². The lowest BCUT2D eigenvalue weighted by Gasteiger charge is -2.15. The molecule has 0 saturated heterocycles. The highest BCUT2D eigenvalue weighted by molar-refractivity contribution is 5.92. The molecular formula is C19H18N2O4. The van der Waals surface area contributed by atoms with E-state index in [1.165, 1.54) is 0 Å². The number of aromatic hydroxyl groups is 1. The third-order valence-corrected chi connectivity index (χ3v) is 3.78. The van der Waals surface area contributed by atoms with Crippen molar-refractivity contribution in [2.75, 3.05) is 6.61 Å². The molecule has 0 saturated carbocycles. The molecule has 3 rings (SSSR count). The average Bonchev–Trinajstić information content (AvgIpc) is 3.14. The number of carbonyl (C=O) groups is 1. The van der Waals surface area contributed by atoms with Crippen LogP contribution >= 0.6 is 0 Å². The van der Waals surface area contributed by atoms with E-state index in [9.17, 15) is 15.0 Å². The molecule has 0 aliphatic rings. The number of carbonyl (C=O) groups excluding carboxylic acids is 1. The molecule has 0 spiro atoms. The fraction of sp³-hybridized carbons (Fsp3) is 0.158. The third-order valence-electron chi connectivity index (χ3n) is 3.78. The molecule has 3 N–H and O–H groups in total. The monoisotopic (exact) mass is 338 g/mol. The van der Waals surface area contributed by atoms with Crippen LogP contribution in [-0.4, -0.2) is 33.9 Å². The maximum atomic E-state index is 12.3. The van der Waals surface area contributed by atoms with E-state index in [1.807, 2.05) is 30.3 Å². The van der Waals surface area contributed by atoms with Crippen LogP contribution in [0, 0.1) is 0 Å². The van der Waals surface area contributed by atoms with Crippen LogP contribution in [0.3, 0.4) is 0 Å². The number of hydrogen-bond acceptors (Lipinski definition) is 5. The van der Waals surface area contributed by atoms with E-state index in [4.69, 9.17) is 4.52 Å². The summed E-state index contributed by atoms with van der Waals surface area (Å²) in [6.07, 6.45) is 0.433. The van der Waals surface area contributed by atoms with Crippen LogP contribution < -0.4 is 5.32 Å². The first-order chi connectivity index (χ1) is 12.2. The number of rotatable bonds is 6. The number of phenolic OH excluding ortho intramolecular Hbond substituents is 1. The Labute approximate surface area is 144 Å². The van der Waals surface area contributed by atoms with Gasteiger partial charge in [0.25, 0.3) is 5.91 Å². The Hall–Kier alpha value is -3.12. The molecule has 25 heavy (non-hydrogen) atoms. The molecule has 128 valence electrons. The van der Waals surface area contributed by atoms with Crippen molar-refractivity contribution in [2.45, 2.75) is 12.5 Å². The van der Waals surface area contributed by atoms with Gasteiger partial charge in [-0.2, -0.15) is 0 Å². The van der Waals surface area contributed by atoms with Gasteiger partial charge in [0.15, 0.2) is 0 Å². The number of amides is 1.